The monoisotopic (exact) mass is 711 g/mol. The fraction of sp³-hybridized carbons (Fsp3) is 0.0789. The molecule has 5 aromatic carbocycles. The molecule has 49 heavy (non-hydrogen) atoms. The van der Waals surface area contributed by atoms with Crippen molar-refractivity contribution >= 4 is 70.1 Å². The largest absolute Gasteiger partial charge is 0.497 e. The van der Waals surface area contributed by atoms with Gasteiger partial charge in [-0.05, 0) is 65.7 Å². The van der Waals surface area contributed by atoms with Crippen LogP contribution in [-0.4, -0.2) is 31.9 Å². The van der Waals surface area contributed by atoms with E-state index in [9.17, 15) is 14.4 Å². The number of methoxy groups -OCH3 is 2. The smallest absolute Gasteiger partial charge is 0.272 e. The summed E-state index contributed by atoms with van der Waals surface area (Å²) in [4.78, 5) is 41.3. The number of halogens is 2. The number of anilines is 2. The second kappa shape index (κ2) is 16.7. The molecule has 11 heteroatoms. The first-order valence-corrected chi connectivity index (χ1v) is 16.6. The Morgan fingerprint density at radius 3 is 2.18 bits per heavy atom. The van der Waals surface area contributed by atoms with Crippen LogP contribution in [0, 0.1) is 0 Å². The van der Waals surface area contributed by atoms with E-state index >= 15 is 0 Å². The second-order valence-electron chi connectivity index (χ2n) is 10.5. The van der Waals surface area contributed by atoms with Crippen molar-refractivity contribution < 1.29 is 23.9 Å². The van der Waals surface area contributed by atoms with Crippen molar-refractivity contribution in [3.63, 3.8) is 0 Å². The SMILES string of the molecule is COc1ccc(OC)c(NC(=O)C(Sc2cccc(NC(=O)/C(=C\c3cccc(Cl)c3Cl)NC(=O)c3ccccc3)c2)c2ccccc2)c1. The maximum Gasteiger partial charge on any atom is 0.272 e. The van der Waals surface area contributed by atoms with Gasteiger partial charge in [0.25, 0.3) is 11.8 Å². The molecule has 0 radical (unpaired) electrons. The second-order valence-corrected chi connectivity index (χ2v) is 12.4. The van der Waals surface area contributed by atoms with Crippen molar-refractivity contribution in [1.82, 2.24) is 5.32 Å². The molecule has 0 aliphatic heterocycles. The number of ether oxygens (including phenoxy) is 2. The number of nitrogens with one attached hydrogen (secondary N) is 3. The van der Waals surface area contributed by atoms with Crippen molar-refractivity contribution in [2.24, 2.45) is 0 Å². The first-order valence-electron chi connectivity index (χ1n) is 14.9. The quantitative estimate of drug-likeness (QED) is 0.0882. The van der Waals surface area contributed by atoms with Crippen LogP contribution in [0.25, 0.3) is 6.08 Å². The summed E-state index contributed by atoms with van der Waals surface area (Å²) in [5.41, 5.74) is 2.44. The van der Waals surface area contributed by atoms with Crippen LogP contribution >= 0.6 is 35.0 Å². The van der Waals surface area contributed by atoms with Gasteiger partial charge < -0.3 is 25.4 Å². The number of thioether (sulfide) groups is 1. The molecule has 0 heterocycles. The third kappa shape index (κ3) is 9.23. The van der Waals surface area contributed by atoms with E-state index in [1.165, 1.54) is 24.9 Å². The van der Waals surface area contributed by atoms with Crippen LogP contribution in [0.2, 0.25) is 10.0 Å². The standard InChI is InChI=1S/C38H31Cl2N3O5S/c1-47-28-19-20-33(48-2)31(23-28)42-38(46)35(24-11-5-3-6-12-24)49-29-17-10-16-27(22-29)41-37(45)32(21-26-15-9-18-30(39)34(26)40)43-36(44)25-13-7-4-8-14-25/h3-23,35H,1-2H3,(H,41,45)(H,42,46)(H,43,44)/b32-21+. The topological polar surface area (TPSA) is 106 Å². The summed E-state index contributed by atoms with van der Waals surface area (Å²) in [6, 6.07) is 35.1. The van der Waals surface area contributed by atoms with Crippen LogP contribution in [-0.2, 0) is 9.59 Å². The highest BCUT2D eigenvalue weighted by Gasteiger charge is 2.24. The summed E-state index contributed by atoms with van der Waals surface area (Å²) in [5.74, 6) is -0.310. The summed E-state index contributed by atoms with van der Waals surface area (Å²) in [5, 5.41) is 8.41. The third-order valence-corrected chi connectivity index (χ3v) is 9.24. The fourth-order valence-corrected chi connectivity index (χ4v) is 6.17. The van der Waals surface area contributed by atoms with E-state index in [0.29, 0.717) is 43.9 Å². The lowest BCUT2D eigenvalue weighted by Gasteiger charge is -2.19. The zero-order chi connectivity index (χ0) is 34.8. The van der Waals surface area contributed by atoms with Crippen LogP contribution in [0.4, 0.5) is 11.4 Å². The van der Waals surface area contributed by atoms with Crippen molar-refractivity contribution in [1.29, 1.82) is 0 Å². The third-order valence-electron chi connectivity index (χ3n) is 7.16. The maximum atomic E-state index is 13.8. The summed E-state index contributed by atoms with van der Waals surface area (Å²) in [6.07, 6.45) is 1.46. The highest BCUT2D eigenvalue weighted by Crippen LogP contribution is 2.38. The highest BCUT2D eigenvalue weighted by molar-refractivity contribution is 8.00. The molecule has 5 rings (SSSR count). The molecule has 248 valence electrons. The van der Waals surface area contributed by atoms with Gasteiger partial charge in [0.05, 0.1) is 30.0 Å². The normalized spacial score (nSPS) is 11.6. The molecular weight excluding hydrogens is 681 g/mol. The molecule has 1 unspecified atom stereocenters. The number of hydrogen-bond acceptors (Lipinski definition) is 6. The van der Waals surface area contributed by atoms with Crippen LogP contribution in [0.15, 0.2) is 132 Å². The van der Waals surface area contributed by atoms with Gasteiger partial charge in [-0.1, -0.05) is 89.9 Å². The van der Waals surface area contributed by atoms with Gasteiger partial charge >= 0.3 is 0 Å². The van der Waals surface area contributed by atoms with Gasteiger partial charge in [-0.3, -0.25) is 14.4 Å². The number of amides is 3. The number of rotatable bonds is 12. The number of hydrogen-bond donors (Lipinski definition) is 3. The van der Waals surface area contributed by atoms with E-state index in [1.54, 1.807) is 92.0 Å². The van der Waals surface area contributed by atoms with Crippen LogP contribution in [0.5, 0.6) is 11.5 Å². The van der Waals surface area contributed by atoms with E-state index in [-0.39, 0.29) is 16.6 Å². The summed E-state index contributed by atoms with van der Waals surface area (Å²) < 4.78 is 10.8. The zero-order valence-corrected chi connectivity index (χ0v) is 28.7. The Labute approximate surface area is 298 Å². The lowest BCUT2D eigenvalue weighted by Crippen LogP contribution is -2.30. The Morgan fingerprint density at radius 1 is 0.755 bits per heavy atom. The minimum Gasteiger partial charge on any atom is -0.497 e. The minimum absolute atomic E-state index is 0.0511. The van der Waals surface area contributed by atoms with Gasteiger partial charge in [0.1, 0.15) is 22.4 Å². The molecule has 0 fully saturated rings. The first kappa shape index (κ1) is 35.1. The van der Waals surface area contributed by atoms with Gasteiger partial charge in [-0.15, -0.1) is 11.8 Å². The summed E-state index contributed by atoms with van der Waals surface area (Å²) in [7, 11) is 3.07. The van der Waals surface area contributed by atoms with Crippen LogP contribution in [0.1, 0.15) is 26.7 Å². The molecule has 0 bridgehead atoms. The number of carbonyl (C=O) groups is 3. The lowest BCUT2D eigenvalue weighted by molar-refractivity contribution is -0.116. The molecular formula is C38H31Cl2N3O5S. The Hall–Kier alpha value is -5.22. The molecule has 3 amide bonds. The van der Waals surface area contributed by atoms with E-state index < -0.39 is 17.1 Å². The molecule has 0 aliphatic carbocycles. The molecule has 1 atom stereocenters. The predicted octanol–water partition coefficient (Wildman–Crippen LogP) is 8.89. The Morgan fingerprint density at radius 2 is 1.47 bits per heavy atom. The van der Waals surface area contributed by atoms with Crippen LogP contribution < -0.4 is 25.4 Å². The number of benzene rings is 5. The lowest BCUT2D eigenvalue weighted by atomic mass is 10.1. The van der Waals surface area contributed by atoms with Gasteiger partial charge in [0, 0.05) is 22.2 Å². The van der Waals surface area contributed by atoms with Crippen molar-refractivity contribution in [3.8, 4) is 11.5 Å². The van der Waals surface area contributed by atoms with E-state index in [0.717, 1.165) is 5.56 Å². The molecule has 0 aliphatic rings. The average Bonchev–Trinajstić information content (AvgIpc) is 3.12. The molecule has 3 N–H and O–H groups in total. The molecule has 0 aromatic heterocycles. The van der Waals surface area contributed by atoms with E-state index in [2.05, 4.69) is 16.0 Å². The van der Waals surface area contributed by atoms with Crippen molar-refractivity contribution in [2.75, 3.05) is 24.9 Å². The van der Waals surface area contributed by atoms with Gasteiger partial charge in [0.15, 0.2) is 0 Å². The molecule has 8 nitrogen and oxygen atoms in total. The molecule has 0 saturated carbocycles. The zero-order valence-electron chi connectivity index (χ0n) is 26.4. The Kier molecular flexibility index (Phi) is 12.0. The van der Waals surface area contributed by atoms with Crippen LogP contribution in [0.3, 0.4) is 0 Å². The summed E-state index contributed by atoms with van der Waals surface area (Å²) in [6.45, 7) is 0. The Balaban J connectivity index is 1.41. The first-order chi connectivity index (χ1) is 23.7. The predicted molar refractivity (Wildman–Crippen MR) is 197 cm³/mol. The molecule has 5 aromatic rings. The number of carbonyl (C=O) groups excluding carboxylic acids is 3. The average molecular weight is 713 g/mol. The van der Waals surface area contributed by atoms with Gasteiger partial charge in [-0.25, -0.2) is 0 Å². The fourth-order valence-electron chi connectivity index (χ4n) is 4.72. The molecule has 0 spiro atoms. The van der Waals surface area contributed by atoms with Gasteiger partial charge in [-0.2, -0.15) is 0 Å². The van der Waals surface area contributed by atoms with E-state index in [1.807, 2.05) is 36.4 Å². The highest BCUT2D eigenvalue weighted by atomic mass is 35.5. The minimum atomic E-state index is -0.673. The molecule has 0 saturated heterocycles. The van der Waals surface area contributed by atoms with E-state index in [4.69, 9.17) is 32.7 Å². The summed E-state index contributed by atoms with van der Waals surface area (Å²) >= 11 is 13.9. The van der Waals surface area contributed by atoms with Crippen molar-refractivity contribution in [3.05, 3.63) is 154 Å². The Bertz CT molecular complexity index is 1990. The van der Waals surface area contributed by atoms with Gasteiger partial charge in [0.2, 0.25) is 5.91 Å². The van der Waals surface area contributed by atoms with Crippen molar-refractivity contribution in [2.45, 2.75) is 10.1 Å². The maximum absolute atomic E-state index is 13.8.